The normalized spacial score (nSPS) is 18.1. The number of hydrogen-bond acceptors (Lipinski definition) is 5. The molecule has 27 heavy (non-hydrogen) atoms. The van der Waals surface area contributed by atoms with E-state index in [1.807, 2.05) is 20.8 Å². The highest BCUT2D eigenvalue weighted by Gasteiger charge is 2.22. The first-order valence-electron chi connectivity index (χ1n) is 9.27. The van der Waals surface area contributed by atoms with Gasteiger partial charge >= 0.3 is 5.97 Å². The molecule has 1 heterocycles. The topological polar surface area (TPSA) is 94.1 Å². The Morgan fingerprint density at radius 2 is 2.15 bits per heavy atom. The van der Waals surface area contributed by atoms with Crippen molar-refractivity contribution in [3.05, 3.63) is 29.8 Å². The predicted molar refractivity (Wildman–Crippen MR) is 100 cm³/mol. The molecule has 0 bridgehead atoms. The third kappa shape index (κ3) is 7.56. The third-order valence-electron chi connectivity index (χ3n) is 4.10. The number of benzene rings is 1. The van der Waals surface area contributed by atoms with Gasteiger partial charge in [0.1, 0.15) is 18.4 Å². The number of nitrogens with one attached hydrogen (secondary N) is 1. The minimum absolute atomic E-state index is 0.0849. The molecular weight excluding hydrogens is 350 g/mol. The van der Waals surface area contributed by atoms with Crippen molar-refractivity contribution in [1.29, 1.82) is 0 Å². The van der Waals surface area contributed by atoms with E-state index in [2.05, 4.69) is 5.32 Å². The van der Waals surface area contributed by atoms with Gasteiger partial charge in [0.05, 0.1) is 11.7 Å². The molecule has 2 rings (SSSR count). The second-order valence-electron chi connectivity index (χ2n) is 7.59. The zero-order chi connectivity index (χ0) is 19.9. The maximum atomic E-state index is 12.4. The lowest BCUT2D eigenvalue weighted by molar-refractivity contribution is -0.140. The van der Waals surface area contributed by atoms with Gasteiger partial charge in [-0.25, -0.2) is 4.79 Å². The Balaban J connectivity index is 1.90. The molecule has 0 saturated carbocycles. The fraction of sp³-hybridized carbons (Fsp3) is 0.600. The summed E-state index contributed by atoms with van der Waals surface area (Å²) in [6.07, 6.45) is 2.28. The molecule has 150 valence electrons. The first-order chi connectivity index (χ1) is 12.7. The van der Waals surface area contributed by atoms with Crippen LogP contribution in [0.25, 0.3) is 0 Å². The Morgan fingerprint density at radius 1 is 1.37 bits per heavy atom. The van der Waals surface area contributed by atoms with E-state index < -0.39 is 17.9 Å². The average molecular weight is 379 g/mol. The van der Waals surface area contributed by atoms with E-state index in [0.29, 0.717) is 17.9 Å². The molecular formula is C20H29NO6. The van der Waals surface area contributed by atoms with Crippen LogP contribution in [0, 0.1) is 0 Å². The van der Waals surface area contributed by atoms with E-state index in [0.717, 1.165) is 19.4 Å². The van der Waals surface area contributed by atoms with Crippen LogP contribution in [0.2, 0.25) is 0 Å². The van der Waals surface area contributed by atoms with E-state index in [1.165, 1.54) is 0 Å². The monoisotopic (exact) mass is 379 g/mol. The Morgan fingerprint density at radius 3 is 2.78 bits per heavy atom. The summed E-state index contributed by atoms with van der Waals surface area (Å²) in [4.78, 5) is 23.9. The number of carbonyl (C=O) groups excluding carboxylic acids is 1. The van der Waals surface area contributed by atoms with Crippen molar-refractivity contribution in [3.63, 3.8) is 0 Å². The fourth-order valence-electron chi connectivity index (χ4n) is 2.67. The Labute approximate surface area is 160 Å². The second-order valence-corrected chi connectivity index (χ2v) is 7.59. The van der Waals surface area contributed by atoms with Gasteiger partial charge in [-0.1, -0.05) is 6.07 Å². The Kier molecular flexibility index (Phi) is 7.62. The highest BCUT2D eigenvalue weighted by atomic mass is 16.5. The lowest BCUT2D eigenvalue weighted by Crippen LogP contribution is -2.42. The minimum Gasteiger partial charge on any atom is -0.491 e. The number of hydrogen-bond donors (Lipinski definition) is 2. The summed E-state index contributed by atoms with van der Waals surface area (Å²) in [5.41, 5.74) is -0.00952. The molecule has 7 nitrogen and oxygen atoms in total. The van der Waals surface area contributed by atoms with Gasteiger partial charge in [-0.15, -0.1) is 0 Å². The van der Waals surface area contributed by atoms with E-state index in [9.17, 15) is 14.7 Å². The minimum atomic E-state index is -1.09. The summed E-state index contributed by atoms with van der Waals surface area (Å²) >= 11 is 0. The van der Waals surface area contributed by atoms with Crippen molar-refractivity contribution in [2.45, 2.75) is 57.8 Å². The number of carbonyl (C=O) groups is 2. The quantitative estimate of drug-likeness (QED) is 0.685. The maximum Gasteiger partial charge on any atom is 0.326 e. The van der Waals surface area contributed by atoms with Crippen LogP contribution >= 0.6 is 0 Å². The van der Waals surface area contributed by atoms with Crippen LogP contribution in [-0.2, 0) is 14.3 Å². The summed E-state index contributed by atoms with van der Waals surface area (Å²) in [7, 11) is 0. The molecule has 1 saturated heterocycles. The van der Waals surface area contributed by atoms with Crippen LogP contribution in [0.4, 0.5) is 0 Å². The molecule has 2 unspecified atom stereocenters. The summed E-state index contributed by atoms with van der Waals surface area (Å²) in [5, 5.41) is 11.9. The fourth-order valence-corrected chi connectivity index (χ4v) is 2.67. The van der Waals surface area contributed by atoms with Crippen LogP contribution in [0.3, 0.4) is 0 Å². The van der Waals surface area contributed by atoms with Crippen molar-refractivity contribution in [1.82, 2.24) is 5.32 Å². The molecule has 1 fully saturated rings. The van der Waals surface area contributed by atoms with Crippen molar-refractivity contribution >= 4 is 11.9 Å². The molecule has 2 N–H and O–H groups in total. The Bertz CT molecular complexity index is 634. The van der Waals surface area contributed by atoms with Gasteiger partial charge < -0.3 is 24.6 Å². The van der Waals surface area contributed by atoms with Crippen LogP contribution in [0.1, 0.15) is 50.4 Å². The SMILES string of the molecule is CC(C)(C)OCCC(NC(=O)c1cccc(OCC2CCCO2)c1)C(=O)O. The largest absolute Gasteiger partial charge is 0.491 e. The molecule has 0 aliphatic carbocycles. The van der Waals surface area contributed by atoms with E-state index in [1.54, 1.807) is 24.3 Å². The van der Waals surface area contributed by atoms with Crippen LogP contribution in [0.5, 0.6) is 5.75 Å². The van der Waals surface area contributed by atoms with Gasteiger partial charge in [-0.3, -0.25) is 4.79 Å². The van der Waals surface area contributed by atoms with Crippen molar-refractivity contribution in [3.8, 4) is 5.75 Å². The first-order valence-corrected chi connectivity index (χ1v) is 9.27. The molecule has 0 spiro atoms. The molecule has 1 aliphatic rings. The van der Waals surface area contributed by atoms with Crippen molar-refractivity contribution < 1.29 is 28.9 Å². The lowest BCUT2D eigenvalue weighted by Gasteiger charge is -2.21. The highest BCUT2D eigenvalue weighted by Crippen LogP contribution is 2.17. The molecule has 1 aromatic rings. The standard InChI is InChI=1S/C20H29NO6/c1-20(2,3)27-11-9-17(19(23)24)21-18(22)14-6-4-7-15(12-14)26-13-16-8-5-10-25-16/h4,6-7,12,16-17H,5,8-11,13H2,1-3H3,(H,21,22)(H,23,24). The molecule has 0 aromatic heterocycles. The molecule has 1 aliphatic heterocycles. The van der Waals surface area contributed by atoms with Gasteiger partial charge in [0.15, 0.2) is 0 Å². The average Bonchev–Trinajstić information content (AvgIpc) is 3.11. The zero-order valence-corrected chi connectivity index (χ0v) is 16.2. The summed E-state index contributed by atoms with van der Waals surface area (Å²) in [6, 6.07) is 5.68. The smallest absolute Gasteiger partial charge is 0.326 e. The zero-order valence-electron chi connectivity index (χ0n) is 16.2. The van der Waals surface area contributed by atoms with Crippen molar-refractivity contribution in [2.24, 2.45) is 0 Å². The van der Waals surface area contributed by atoms with E-state index in [-0.39, 0.29) is 24.7 Å². The number of ether oxygens (including phenoxy) is 3. The van der Waals surface area contributed by atoms with Crippen LogP contribution in [-0.4, -0.2) is 54.6 Å². The Hall–Kier alpha value is -2.12. The van der Waals surface area contributed by atoms with Gasteiger partial charge in [0.25, 0.3) is 5.91 Å². The van der Waals surface area contributed by atoms with Crippen LogP contribution in [0.15, 0.2) is 24.3 Å². The van der Waals surface area contributed by atoms with Crippen LogP contribution < -0.4 is 10.1 Å². The van der Waals surface area contributed by atoms with E-state index >= 15 is 0 Å². The van der Waals surface area contributed by atoms with Gasteiger partial charge in [0, 0.05) is 25.2 Å². The molecule has 1 amide bonds. The third-order valence-corrected chi connectivity index (χ3v) is 4.10. The number of amides is 1. The highest BCUT2D eigenvalue weighted by molar-refractivity contribution is 5.96. The van der Waals surface area contributed by atoms with Gasteiger partial charge in [0.2, 0.25) is 0 Å². The summed E-state index contributed by atoms with van der Waals surface area (Å²) < 4.78 is 16.8. The summed E-state index contributed by atoms with van der Waals surface area (Å²) in [5.74, 6) is -0.992. The molecule has 2 atom stereocenters. The molecule has 0 radical (unpaired) electrons. The first kappa shape index (κ1) is 21.2. The number of carboxylic acid groups (broad SMARTS) is 1. The van der Waals surface area contributed by atoms with Crippen molar-refractivity contribution in [2.75, 3.05) is 19.8 Å². The molecule has 7 heteroatoms. The number of carboxylic acids is 1. The predicted octanol–water partition coefficient (Wildman–Crippen LogP) is 2.63. The number of rotatable bonds is 9. The van der Waals surface area contributed by atoms with Gasteiger partial charge in [-0.05, 0) is 51.8 Å². The molecule has 1 aromatic carbocycles. The number of aliphatic carboxylic acids is 1. The second kappa shape index (κ2) is 9.71. The maximum absolute atomic E-state index is 12.4. The lowest BCUT2D eigenvalue weighted by atomic mass is 10.1. The van der Waals surface area contributed by atoms with E-state index in [4.69, 9.17) is 14.2 Å². The summed E-state index contributed by atoms with van der Waals surface area (Å²) in [6.45, 7) is 7.11. The van der Waals surface area contributed by atoms with Gasteiger partial charge in [-0.2, -0.15) is 0 Å².